The number of nitrogens with one attached hydrogen (secondary N) is 1. The molecule has 1 heterocycles. The van der Waals surface area contributed by atoms with Crippen molar-refractivity contribution < 1.29 is 14.3 Å². The molecular formula is C21H24ClNO3S. The summed E-state index contributed by atoms with van der Waals surface area (Å²) in [5.41, 5.74) is 0.629. The Morgan fingerprint density at radius 1 is 1.30 bits per heavy atom. The maximum atomic E-state index is 12.5. The van der Waals surface area contributed by atoms with Gasteiger partial charge in [-0.1, -0.05) is 11.6 Å². The third kappa shape index (κ3) is 5.33. The van der Waals surface area contributed by atoms with Gasteiger partial charge in [-0.05, 0) is 56.3 Å². The molecule has 3 rings (SSSR count). The molecule has 27 heavy (non-hydrogen) atoms. The number of amides is 1. The van der Waals surface area contributed by atoms with Crippen LogP contribution < -0.4 is 14.8 Å². The van der Waals surface area contributed by atoms with E-state index < -0.39 is 0 Å². The average Bonchev–Trinajstić information content (AvgIpc) is 2.62. The van der Waals surface area contributed by atoms with E-state index in [1.165, 1.54) is 0 Å². The molecule has 0 aliphatic carbocycles. The van der Waals surface area contributed by atoms with Gasteiger partial charge in [0.05, 0.1) is 13.2 Å². The van der Waals surface area contributed by atoms with Crippen LogP contribution in [-0.4, -0.2) is 24.4 Å². The van der Waals surface area contributed by atoms with Gasteiger partial charge in [0, 0.05) is 34.1 Å². The molecule has 2 aromatic carbocycles. The maximum absolute atomic E-state index is 12.5. The normalized spacial score (nSPS) is 17.6. The number of carbonyl (C=O) groups excluding carboxylic acids is 1. The maximum Gasteiger partial charge on any atom is 0.221 e. The molecule has 1 amide bonds. The van der Waals surface area contributed by atoms with E-state index in [-0.39, 0.29) is 17.6 Å². The van der Waals surface area contributed by atoms with Crippen LogP contribution >= 0.6 is 23.4 Å². The molecule has 0 saturated heterocycles. The van der Waals surface area contributed by atoms with Crippen LogP contribution in [0.25, 0.3) is 0 Å². The van der Waals surface area contributed by atoms with Gasteiger partial charge in [-0.3, -0.25) is 4.79 Å². The Balaban J connectivity index is 1.62. The van der Waals surface area contributed by atoms with E-state index in [2.05, 4.69) is 5.32 Å². The molecule has 2 aromatic rings. The van der Waals surface area contributed by atoms with Gasteiger partial charge in [-0.15, -0.1) is 11.8 Å². The molecule has 1 aliphatic rings. The Hall–Kier alpha value is -1.85. The Morgan fingerprint density at radius 2 is 2.04 bits per heavy atom. The van der Waals surface area contributed by atoms with Gasteiger partial charge in [-0.25, -0.2) is 0 Å². The monoisotopic (exact) mass is 405 g/mol. The average molecular weight is 406 g/mol. The summed E-state index contributed by atoms with van der Waals surface area (Å²) in [4.78, 5) is 13.6. The van der Waals surface area contributed by atoms with E-state index in [4.69, 9.17) is 21.1 Å². The summed E-state index contributed by atoms with van der Waals surface area (Å²) in [6.07, 6.45) is 1.16. The summed E-state index contributed by atoms with van der Waals surface area (Å²) in [5, 5.41) is 3.88. The minimum atomic E-state index is -0.336. The van der Waals surface area contributed by atoms with Crippen molar-refractivity contribution in [2.45, 2.75) is 43.2 Å². The molecule has 144 valence electrons. The predicted octanol–water partition coefficient (Wildman–Crippen LogP) is 5.25. The molecule has 6 heteroatoms. The standard InChI is InChI=1S/C21H24ClNO3S/c1-21(2)13-18(17-12-15(25-3)6-9-19(17)26-21)23-20(24)10-11-27-16-7-4-14(22)5-8-16/h4-9,12,18H,10-11,13H2,1-3H3,(H,23,24)/t18-/m0/s1. The molecule has 1 atom stereocenters. The van der Waals surface area contributed by atoms with Gasteiger partial charge >= 0.3 is 0 Å². The molecule has 0 spiro atoms. The van der Waals surface area contributed by atoms with Crippen LogP contribution in [-0.2, 0) is 4.79 Å². The predicted molar refractivity (Wildman–Crippen MR) is 110 cm³/mol. The number of benzene rings is 2. The molecule has 0 bridgehead atoms. The number of ether oxygens (including phenoxy) is 2. The lowest BCUT2D eigenvalue weighted by Crippen LogP contribution is -2.41. The first-order chi connectivity index (χ1) is 12.9. The number of rotatable bonds is 6. The van der Waals surface area contributed by atoms with Crippen LogP contribution in [0.5, 0.6) is 11.5 Å². The quantitative estimate of drug-likeness (QED) is 0.667. The van der Waals surface area contributed by atoms with Gasteiger partial charge in [0.25, 0.3) is 0 Å². The highest BCUT2D eigenvalue weighted by Gasteiger charge is 2.34. The molecule has 0 fully saturated rings. The highest BCUT2D eigenvalue weighted by atomic mass is 35.5. The van der Waals surface area contributed by atoms with Crippen molar-refractivity contribution in [1.29, 1.82) is 0 Å². The summed E-state index contributed by atoms with van der Waals surface area (Å²) in [7, 11) is 1.64. The second-order valence-corrected chi connectivity index (χ2v) is 8.75. The zero-order valence-electron chi connectivity index (χ0n) is 15.8. The van der Waals surface area contributed by atoms with Crippen LogP contribution in [0, 0.1) is 0 Å². The van der Waals surface area contributed by atoms with Crippen LogP contribution in [0.4, 0.5) is 0 Å². The number of thioether (sulfide) groups is 1. The number of hydrogen-bond donors (Lipinski definition) is 1. The van der Waals surface area contributed by atoms with Crippen LogP contribution in [0.15, 0.2) is 47.4 Å². The molecule has 4 nitrogen and oxygen atoms in total. The van der Waals surface area contributed by atoms with E-state index in [1.54, 1.807) is 18.9 Å². The van der Waals surface area contributed by atoms with Crippen LogP contribution in [0.2, 0.25) is 5.02 Å². The first-order valence-electron chi connectivity index (χ1n) is 8.91. The highest BCUT2D eigenvalue weighted by molar-refractivity contribution is 7.99. The fourth-order valence-corrected chi connectivity index (χ4v) is 4.13. The Kier molecular flexibility index (Phi) is 6.22. The van der Waals surface area contributed by atoms with Gasteiger partial charge in [0.15, 0.2) is 0 Å². The lowest BCUT2D eigenvalue weighted by molar-refractivity contribution is -0.121. The summed E-state index contributed by atoms with van der Waals surface area (Å²) >= 11 is 7.54. The van der Waals surface area contributed by atoms with Crippen molar-refractivity contribution in [2.75, 3.05) is 12.9 Å². The van der Waals surface area contributed by atoms with E-state index >= 15 is 0 Å². The van der Waals surface area contributed by atoms with Crippen LogP contribution in [0.1, 0.15) is 38.3 Å². The van der Waals surface area contributed by atoms with Crippen molar-refractivity contribution in [3.8, 4) is 11.5 Å². The van der Waals surface area contributed by atoms with Crippen LogP contribution in [0.3, 0.4) is 0 Å². The minimum absolute atomic E-state index is 0.0351. The van der Waals surface area contributed by atoms with Gasteiger partial charge in [0.2, 0.25) is 5.91 Å². The number of fused-ring (bicyclic) bond motifs is 1. The third-order valence-electron chi connectivity index (χ3n) is 4.42. The van der Waals surface area contributed by atoms with Crippen molar-refractivity contribution >= 4 is 29.3 Å². The SMILES string of the molecule is COc1ccc2c(c1)[C@@H](NC(=O)CCSc1ccc(Cl)cc1)CC(C)(C)O2. The van der Waals surface area contributed by atoms with Crippen molar-refractivity contribution in [3.63, 3.8) is 0 Å². The van der Waals surface area contributed by atoms with Crippen molar-refractivity contribution in [2.24, 2.45) is 0 Å². The summed E-state index contributed by atoms with van der Waals surface area (Å²) in [5.74, 6) is 2.31. The lowest BCUT2D eigenvalue weighted by Gasteiger charge is -2.38. The first-order valence-corrected chi connectivity index (χ1v) is 10.3. The lowest BCUT2D eigenvalue weighted by atomic mass is 9.89. The molecule has 1 aliphatic heterocycles. The minimum Gasteiger partial charge on any atom is -0.497 e. The zero-order valence-corrected chi connectivity index (χ0v) is 17.3. The molecule has 0 radical (unpaired) electrons. The Morgan fingerprint density at radius 3 is 2.74 bits per heavy atom. The molecule has 1 N–H and O–H groups in total. The van der Waals surface area contributed by atoms with Gasteiger partial charge in [0.1, 0.15) is 17.1 Å². The second kappa shape index (κ2) is 8.44. The van der Waals surface area contributed by atoms with E-state index in [0.717, 1.165) is 22.0 Å². The number of hydrogen-bond acceptors (Lipinski definition) is 4. The second-order valence-electron chi connectivity index (χ2n) is 7.14. The highest BCUT2D eigenvalue weighted by Crippen LogP contribution is 2.41. The number of methoxy groups -OCH3 is 1. The van der Waals surface area contributed by atoms with E-state index in [0.29, 0.717) is 23.6 Å². The summed E-state index contributed by atoms with van der Waals surface area (Å²) in [6, 6.07) is 13.3. The first kappa shape index (κ1) is 19.9. The topological polar surface area (TPSA) is 47.6 Å². The Labute approximate surface area is 169 Å². The van der Waals surface area contributed by atoms with Gasteiger partial charge < -0.3 is 14.8 Å². The molecule has 0 unspecified atom stereocenters. The number of carbonyl (C=O) groups is 1. The van der Waals surface area contributed by atoms with Crippen molar-refractivity contribution in [3.05, 3.63) is 53.1 Å². The largest absolute Gasteiger partial charge is 0.497 e. The molecule has 0 saturated carbocycles. The molecule has 0 aromatic heterocycles. The van der Waals surface area contributed by atoms with Crippen molar-refractivity contribution in [1.82, 2.24) is 5.32 Å². The number of halogens is 1. The van der Waals surface area contributed by atoms with E-state index in [9.17, 15) is 4.79 Å². The van der Waals surface area contributed by atoms with E-state index in [1.807, 2.05) is 56.3 Å². The third-order valence-corrected chi connectivity index (χ3v) is 5.69. The summed E-state index contributed by atoms with van der Waals surface area (Å²) < 4.78 is 11.4. The zero-order chi connectivity index (χ0) is 19.4. The fourth-order valence-electron chi connectivity index (χ4n) is 3.15. The summed E-state index contributed by atoms with van der Waals surface area (Å²) in [6.45, 7) is 4.07. The Bertz CT molecular complexity index is 808. The fraction of sp³-hybridized carbons (Fsp3) is 0.381. The van der Waals surface area contributed by atoms with Gasteiger partial charge in [-0.2, -0.15) is 0 Å². The smallest absolute Gasteiger partial charge is 0.221 e. The molecular weight excluding hydrogens is 382 g/mol.